The van der Waals surface area contributed by atoms with Crippen LogP contribution in [0.1, 0.15) is 54.4 Å². The average molecular weight is 383 g/mol. The third-order valence-corrected chi connectivity index (χ3v) is 16.7. The van der Waals surface area contributed by atoms with E-state index in [0.29, 0.717) is 10.1 Å². The van der Waals surface area contributed by atoms with Crippen LogP contribution in [0.25, 0.3) is 0 Å². The van der Waals surface area contributed by atoms with Gasteiger partial charge < -0.3 is 9.47 Å². The Kier molecular flexibility index (Phi) is 16.3. The monoisotopic (exact) mass is 382 g/mol. The molecule has 22 heavy (non-hydrogen) atoms. The molecule has 0 aromatic rings. The van der Waals surface area contributed by atoms with Gasteiger partial charge in [0.2, 0.25) is 0 Å². The van der Waals surface area contributed by atoms with Crippen molar-refractivity contribution in [2.45, 2.75) is 88.7 Å². The van der Waals surface area contributed by atoms with Crippen molar-refractivity contribution in [3.05, 3.63) is 0 Å². The van der Waals surface area contributed by atoms with Crippen molar-refractivity contribution >= 4 is 39.2 Å². The summed E-state index contributed by atoms with van der Waals surface area (Å²) in [6.45, 7) is 15.6. The first-order chi connectivity index (χ1) is 10.7. The first kappa shape index (κ1) is 23.1. The molecule has 0 fully saturated rings. The van der Waals surface area contributed by atoms with Crippen LogP contribution in [0.2, 0.25) is 24.2 Å². The summed E-state index contributed by atoms with van der Waals surface area (Å²) in [7, 11) is 2.42. The van der Waals surface area contributed by atoms with Gasteiger partial charge in [-0.2, -0.15) is 0 Å². The summed E-state index contributed by atoms with van der Waals surface area (Å²) in [5.74, 6) is 0. The van der Waals surface area contributed by atoms with Crippen molar-refractivity contribution in [1.29, 1.82) is 0 Å². The van der Waals surface area contributed by atoms with E-state index in [-0.39, 0.29) is 0 Å². The van der Waals surface area contributed by atoms with E-state index in [4.69, 9.17) is 9.47 Å². The smallest absolute Gasteiger partial charge is 0.0980 e. The Morgan fingerprint density at radius 2 is 0.955 bits per heavy atom. The summed E-state index contributed by atoms with van der Waals surface area (Å²) < 4.78 is 12.4. The standard InChI is InChI=1S/C16H38O2S2Si2/c1-7-13-17-15(21(9-3)10-4)19-20-16(18-14-8-2)22(11-5)12-6/h15-16,21-22H,7-14H2,1-6H3. The van der Waals surface area contributed by atoms with E-state index < -0.39 is 17.6 Å². The zero-order valence-corrected chi connectivity index (χ0v) is 19.5. The quantitative estimate of drug-likeness (QED) is 0.212. The maximum atomic E-state index is 6.20. The normalized spacial score (nSPS) is 14.7. The van der Waals surface area contributed by atoms with Crippen LogP contribution in [0.3, 0.4) is 0 Å². The fourth-order valence-corrected chi connectivity index (χ4v) is 15.0. The van der Waals surface area contributed by atoms with Gasteiger partial charge in [0.15, 0.2) is 0 Å². The molecule has 0 bridgehead atoms. The molecule has 0 heterocycles. The molecule has 0 rings (SSSR count). The number of ether oxygens (including phenoxy) is 2. The van der Waals surface area contributed by atoms with Gasteiger partial charge in [0, 0.05) is 13.2 Å². The molecule has 0 aliphatic rings. The van der Waals surface area contributed by atoms with Crippen LogP contribution in [0.5, 0.6) is 0 Å². The number of hydrogen-bond acceptors (Lipinski definition) is 4. The van der Waals surface area contributed by atoms with Crippen LogP contribution in [0.15, 0.2) is 0 Å². The Labute approximate surface area is 150 Å². The minimum atomic E-state index is -0.794. The van der Waals surface area contributed by atoms with Crippen LogP contribution in [0, 0.1) is 0 Å². The van der Waals surface area contributed by atoms with Crippen molar-refractivity contribution in [2.75, 3.05) is 13.2 Å². The summed E-state index contributed by atoms with van der Waals surface area (Å²) in [6, 6.07) is 5.34. The molecule has 0 aliphatic carbocycles. The van der Waals surface area contributed by atoms with E-state index in [2.05, 4.69) is 41.5 Å². The molecular weight excluding hydrogens is 344 g/mol. The highest BCUT2D eigenvalue weighted by Gasteiger charge is 2.27. The number of hydrogen-bond donors (Lipinski definition) is 0. The highest BCUT2D eigenvalue weighted by molar-refractivity contribution is 8.77. The molecular formula is C16H38O2S2Si2. The highest BCUT2D eigenvalue weighted by Crippen LogP contribution is 2.37. The third-order valence-electron chi connectivity index (χ3n) is 4.09. The Hall–Kier alpha value is 1.05. The molecule has 0 aromatic heterocycles. The maximum absolute atomic E-state index is 6.20. The van der Waals surface area contributed by atoms with Crippen molar-refractivity contribution < 1.29 is 9.47 Å². The fraction of sp³-hybridized carbons (Fsp3) is 1.00. The zero-order valence-electron chi connectivity index (χ0n) is 15.6. The second-order valence-corrected chi connectivity index (χ2v) is 16.8. The highest BCUT2D eigenvalue weighted by atomic mass is 33.1. The fourth-order valence-electron chi connectivity index (χ4n) is 2.41. The van der Waals surface area contributed by atoms with Gasteiger partial charge in [-0.15, -0.1) is 0 Å². The zero-order chi connectivity index (χ0) is 16.8. The van der Waals surface area contributed by atoms with Gasteiger partial charge in [0.05, 0.1) is 27.7 Å². The van der Waals surface area contributed by atoms with E-state index in [9.17, 15) is 0 Å². The predicted molar refractivity (Wildman–Crippen MR) is 111 cm³/mol. The largest absolute Gasteiger partial charge is 0.371 e. The lowest BCUT2D eigenvalue weighted by Crippen LogP contribution is -2.32. The van der Waals surface area contributed by atoms with Crippen LogP contribution in [0.4, 0.5) is 0 Å². The van der Waals surface area contributed by atoms with Gasteiger partial charge >= 0.3 is 0 Å². The van der Waals surface area contributed by atoms with E-state index in [0.717, 1.165) is 26.1 Å². The maximum Gasteiger partial charge on any atom is 0.0980 e. The summed E-state index contributed by atoms with van der Waals surface area (Å²) >= 11 is 0. The van der Waals surface area contributed by atoms with Crippen LogP contribution in [-0.2, 0) is 9.47 Å². The molecule has 2 atom stereocenters. The van der Waals surface area contributed by atoms with Gasteiger partial charge in [-0.25, -0.2) is 0 Å². The molecule has 0 N–H and O–H groups in total. The second-order valence-electron chi connectivity index (χ2n) is 5.82. The lowest BCUT2D eigenvalue weighted by molar-refractivity contribution is 0.152. The molecule has 0 aromatic carbocycles. The lowest BCUT2D eigenvalue weighted by atomic mass is 10.5. The Balaban J connectivity index is 4.62. The Bertz CT molecular complexity index is 216. The average Bonchev–Trinajstić information content (AvgIpc) is 2.55. The molecule has 0 aliphatic heterocycles. The van der Waals surface area contributed by atoms with Crippen molar-refractivity contribution in [3.8, 4) is 0 Å². The Morgan fingerprint density at radius 1 is 0.636 bits per heavy atom. The first-order valence-electron chi connectivity index (χ1n) is 9.23. The van der Waals surface area contributed by atoms with Crippen molar-refractivity contribution in [3.63, 3.8) is 0 Å². The Morgan fingerprint density at radius 3 is 1.18 bits per heavy atom. The number of rotatable bonds is 15. The van der Waals surface area contributed by atoms with Gasteiger partial charge in [-0.05, 0) is 12.8 Å². The summed E-state index contributed by atoms with van der Waals surface area (Å²) in [4.78, 5) is 0. The molecule has 0 saturated heterocycles. The molecule has 134 valence electrons. The van der Waals surface area contributed by atoms with E-state index in [1.165, 1.54) is 24.2 Å². The SMILES string of the molecule is CCCOC(SSC(OCCC)[SiH](CC)CC)[SiH](CC)CC. The molecule has 2 unspecified atom stereocenters. The molecule has 2 nitrogen and oxygen atoms in total. The van der Waals surface area contributed by atoms with Crippen molar-refractivity contribution in [1.82, 2.24) is 0 Å². The van der Waals surface area contributed by atoms with Crippen LogP contribution in [-0.4, -0.2) is 40.9 Å². The van der Waals surface area contributed by atoms with Gasteiger partial charge in [-0.1, -0.05) is 87.3 Å². The molecule has 6 heteroatoms. The minimum Gasteiger partial charge on any atom is -0.371 e. The summed E-state index contributed by atoms with van der Waals surface area (Å²) in [5.41, 5.74) is 0. The summed E-state index contributed by atoms with van der Waals surface area (Å²) in [6.07, 6.45) is 2.24. The van der Waals surface area contributed by atoms with Crippen LogP contribution < -0.4 is 0 Å². The lowest BCUT2D eigenvalue weighted by Gasteiger charge is -2.28. The van der Waals surface area contributed by atoms with E-state index in [1.807, 2.05) is 21.6 Å². The summed E-state index contributed by atoms with van der Waals surface area (Å²) in [5, 5.41) is 0.909. The van der Waals surface area contributed by atoms with E-state index in [1.54, 1.807) is 0 Å². The first-order valence-corrected chi connectivity index (χ1v) is 16.1. The molecule has 0 amide bonds. The van der Waals surface area contributed by atoms with Gasteiger partial charge in [-0.3, -0.25) is 0 Å². The van der Waals surface area contributed by atoms with Crippen molar-refractivity contribution in [2.24, 2.45) is 0 Å². The predicted octanol–water partition coefficient (Wildman–Crippen LogP) is 5.49. The third kappa shape index (κ3) is 9.37. The molecule has 0 saturated carbocycles. The second kappa shape index (κ2) is 15.6. The molecule has 0 spiro atoms. The topological polar surface area (TPSA) is 18.5 Å². The van der Waals surface area contributed by atoms with Crippen LogP contribution >= 0.6 is 21.6 Å². The minimum absolute atomic E-state index is 0.455. The molecule has 0 radical (unpaired) electrons. The van der Waals surface area contributed by atoms with E-state index >= 15 is 0 Å². The van der Waals surface area contributed by atoms with Gasteiger partial charge in [0.1, 0.15) is 0 Å². The van der Waals surface area contributed by atoms with Gasteiger partial charge in [0.25, 0.3) is 0 Å².